The Labute approximate surface area is 163 Å². The van der Waals surface area contributed by atoms with Gasteiger partial charge in [-0.15, -0.1) is 0 Å². The molecule has 0 aliphatic carbocycles. The number of aliphatic hydroxyl groups is 1. The molecule has 4 nitrogen and oxygen atoms in total. The van der Waals surface area contributed by atoms with E-state index in [0.29, 0.717) is 11.1 Å². The third-order valence-electron chi connectivity index (χ3n) is 5.55. The fraction of sp³-hybridized carbons (Fsp3) is 0.609. The van der Waals surface area contributed by atoms with E-state index in [1.54, 1.807) is 7.11 Å². The molecule has 0 fully saturated rings. The largest absolute Gasteiger partial charge is 0.491 e. The number of methoxy groups -OCH3 is 1. The summed E-state index contributed by atoms with van der Waals surface area (Å²) < 4.78 is 5.38. The van der Waals surface area contributed by atoms with Gasteiger partial charge in [-0.3, -0.25) is 4.79 Å². The highest BCUT2D eigenvalue weighted by Gasteiger charge is 2.16. The molecule has 0 aliphatic rings. The van der Waals surface area contributed by atoms with Crippen LogP contribution in [0.2, 0.25) is 0 Å². The van der Waals surface area contributed by atoms with Crippen LogP contribution in [0, 0.1) is 0 Å². The van der Waals surface area contributed by atoms with E-state index in [9.17, 15) is 9.90 Å². The number of nitrogens with one attached hydrogen (secondary N) is 1. The summed E-state index contributed by atoms with van der Waals surface area (Å²) in [5.41, 5.74) is 1.27. The van der Waals surface area contributed by atoms with Crippen LogP contribution in [-0.4, -0.2) is 22.8 Å². The second kappa shape index (κ2) is 10.5. The van der Waals surface area contributed by atoms with Gasteiger partial charge in [0.15, 0.2) is 5.75 Å². The van der Waals surface area contributed by atoms with E-state index in [-0.39, 0.29) is 5.43 Å². The van der Waals surface area contributed by atoms with E-state index in [4.69, 9.17) is 4.74 Å². The zero-order valence-electron chi connectivity index (χ0n) is 17.1. The first-order valence-electron chi connectivity index (χ1n) is 10.4. The van der Waals surface area contributed by atoms with Crippen LogP contribution in [-0.2, 0) is 6.42 Å². The molecule has 150 valence electrons. The van der Waals surface area contributed by atoms with E-state index in [2.05, 4.69) is 4.98 Å². The Morgan fingerprint density at radius 3 is 2.33 bits per heavy atom. The van der Waals surface area contributed by atoms with Crippen LogP contribution < -0.4 is 10.2 Å². The van der Waals surface area contributed by atoms with Crippen LogP contribution in [0.4, 0.5) is 0 Å². The number of hydrogen-bond donors (Lipinski definition) is 2. The molecule has 0 unspecified atom stereocenters. The third-order valence-corrected chi connectivity index (χ3v) is 5.55. The van der Waals surface area contributed by atoms with Crippen molar-refractivity contribution in [2.45, 2.75) is 83.7 Å². The lowest BCUT2D eigenvalue weighted by Gasteiger charge is -2.20. The van der Waals surface area contributed by atoms with Crippen LogP contribution in [0.15, 0.2) is 29.1 Å². The Kier molecular flexibility index (Phi) is 8.36. The number of aromatic nitrogens is 1. The number of aryl methyl sites for hydroxylation is 1. The topological polar surface area (TPSA) is 62.3 Å². The molecule has 1 heterocycles. The summed E-state index contributed by atoms with van der Waals surface area (Å²) in [5.74, 6) is 0.455. The molecule has 4 heteroatoms. The van der Waals surface area contributed by atoms with Crippen molar-refractivity contribution in [3.8, 4) is 5.75 Å². The summed E-state index contributed by atoms with van der Waals surface area (Å²) in [6.45, 7) is 3.97. The van der Waals surface area contributed by atoms with Crippen molar-refractivity contribution in [2.75, 3.05) is 7.11 Å². The number of pyridine rings is 1. The summed E-state index contributed by atoms with van der Waals surface area (Å²) in [4.78, 5) is 15.9. The predicted molar refractivity (Wildman–Crippen MR) is 113 cm³/mol. The first kappa shape index (κ1) is 21.5. The highest BCUT2D eigenvalue weighted by molar-refractivity contribution is 5.80. The maximum absolute atomic E-state index is 12.5. The molecule has 0 saturated heterocycles. The van der Waals surface area contributed by atoms with E-state index >= 15 is 0 Å². The molecule has 2 N–H and O–H groups in total. The summed E-state index contributed by atoms with van der Waals surface area (Å²) in [6, 6.07) is 7.59. The molecule has 27 heavy (non-hydrogen) atoms. The lowest BCUT2D eigenvalue weighted by Crippen LogP contribution is -2.22. The smallest absolute Gasteiger partial charge is 0.231 e. The van der Waals surface area contributed by atoms with Gasteiger partial charge < -0.3 is 14.8 Å². The molecular formula is C23H35NO3. The van der Waals surface area contributed by atoms with Gasteiger partial charge in [0.25, 0.3) is 0 Å². The average molecular weight is 374 g/mol. The van der Waals surface area contributed by atoms with Gasteiger partial charge in [0.2, 0.25) is 5.43 Å². The van der Waals surface area contributed by atoms with Gasteiger partial charge in [-0.2, -0.15) is 0 Å². The van der Waals surface area contributed by atoms with Crippen molar-refractivity contribution in [1.29, 1.82) is 0 Å². The average Bonchev–Trinajstić information content (AvgIpc) is 2.67. The van der Waals surface area contributed by atoms with Gasteiger partial charge in [-0.25, -0.2) is 0 Å². The van der Waals surface area contributed by atoms with Crippen molar-refractivity contribution in [3.63, 3.8) is 0 Å². The Balaban J connectivity index is 1.72. The van der Waals surface area contributed by atoms with Gasteiger partial charge in [-0.05, 0) is 44.7 Å². The molecule has 1 atom stereocenters. The maximum Gasteiger partial charge on any atom is 0.231 e. The number of aromatic amines is 1. The second-order valence-electron chi connectivity index (χ2n) is 7.84. The number of para-hydroxylation sites is 1. The quantitative estimate of drug-likeness (QED) is 0.492. The highest BCUT2D eigenvalue weighted by Crippen LogP contribution is 2.21. The zero-order chi connectivity index (χ0) is 19.7. The number of H-pyrrole nitrogens is 1. The Bertz CT molecular complexity index is 764. The lowest BCUT2D eigenvalue weighted by atomic mass is 9.95. The normalized spacial score (nSPS) is 13.6. The van der Waals surface area contributed by atoms with Gasteiger partial charge >= 0.3 is 0 Å². The van der Waals surface area contributed by atoms with Crippen LogP contribution in [0.25, 0.3) is 10.9 Å². The van der Waals surface area contributed by atoms with Gasteiger partial charge in [0, 0.05) is 10.9 Å². The van der Waals surface area contributed by atoms with Crippen LogP contribution >= 0.6 is 0 Å². The Hall–Kier alpha value is -1.81. The number of ether oxygens (including phenoxy) is 1. The van der Waals surface area contributed by atoms with Crippen molar-refractivity contribution >= 4 is 10.9 Å². The van der Waals surface area contributed by atoms with Crippen molar-refractivity contribution in [1.82, 2.24) is 4.98 Å². The molecule has 1 aromatic carbocycles. The predicted octanol–water partition coefficient (Wildman–Crippen LogP) is 5.36. The van der Waals surface area contributed by atoms with Crippen molar-refractivity contribution < 1.29 is 9.84 Å². The Morgan fingerprint density at radius 2 is 1.67 bits per heavy atom. The van der Waals surface area contributed by atoms with Crippen LogP contribution in [0.3, 0.4) is 0 Å². The molecule has 1 aromatic heterocycles. The van der Waals surface area contributed by atoms with Crippen LogP contribution in [0.5, 0.6) is 5.75 Å². The number of fused-ring (bicyclic) bond motifs is 1. The third kappa shape index (κ3) is 6.39. The van der Waals surface area contributed by atoms with E-state index in [0.717, 1.165) is 49.7 Å². The first-order valence-corrected chi connectivity index (χ1v) is 10.4. The molecule has 0 saturated carbocycles. The van der Waals surface area contributed by atoms with Gasteiger partial charge in [0.1, 0.15) is 0 Å². The lowest BCUT2D eigenvalue weighted by molar-refractivity contribution is 0.0442. The summed E-state index contributed by atoms with van der Waals surface area (Å²) in [5, 5.41) is 10.7. The van der Waals surface area contributed by atoms with Gasteiger partial charge in [0.05, 0.1) is 18.4 Å². The first-order chi connectivity index (χ1) is 13.0. The zero-order valence-corrected chi connectivity index (χ0v) is 17.1. The fourth-order valence-corrected chi connectivity index (χ4v) is 3.53. The van der Waals surface area contributed by atoms with E-state index in [1.165, 1.54) is 25.7 Å². The van der Waals surface area contributed by atoms with Crippen molar-refractivity contribution in [3.05, 3.63) is 40.2 Å². The maximum atomic E-state index is 12.5. The summed E-state index contributed by atoms with van der Waals surface area (Å²) >= 11 is 0. The van der Waals surface area contributed by atoms with Crippen molar-refractivity contribution in [2.24, 2.45) is 0 Å². The molecule has 2 rings (SSSR count). The number of benzene rings is 1. The molecule has 0 radical (unpaired) electrons. The minimum Gasteiger partial charge on any atom is -0.491 e. The number of unbranched alkanes of at least 4 members (excludes halogenated alkanes) is 6. The Morgan fingerprint density at radius 1 is 1.04 bits per heavy atom. The van der Waals surface area contributed by atoms with Gasteiger partial charge in [-0.1, -0.05) is 57.6 Å². The molecule has 0 amide bonds. The van der Waals surface area contributed by atoms with Crippen LogP contribution in [0.1, 0.15) is 77.3 Å². The molecular weight excluding hydrogens is 338 g/mol. The molecule has 0 bridgehead atoms. The molecule has 0 aliphatic heterocycles. The number of rotatable bonds is 12. The molecule has 0 spiro atoms. The standard InChI is InChI=1S/C23H35NO3/c1-4-23(2,26)17-13-9-7-5-6-8-10-16-20-22(27-3)21(25)18-14-11-12-15-19(18)24-20/h11-12,14-15,26H,4-10,13,16-17H2,1-3H3,(H,24,25)/t23-/m1/s1. The highest BCUT2D eigenvalue weighted by atomic mass is 16.5. The second-order valence-corrected chi connectivity index (χ2v) is 7.84. The minimum atomic E-state index is -0.490. The minimum absolute atomic E-state index is 0.0233. The summed E-state index contributed by atoms with van der Waals surface area (Å²) in [7, 11) is 1.57. The monoisotopic (exact) mass is 373 g/mol. The fourth-order valence-electron chi connectivity index (χ4n) is 3.53. The SMILES string of the molecule is CC[C@@](C)(O)CCCCCCCCCc1[nH]c2ccccc2c(=O)c1OC. The number of hydrogen-bond acceptors (Lipinski definition) is 3. The van der Waals surface area contributed by atoms with E-state index in [1.807, 2.05) is 38.1 Å². The van der Waals surface area contributed by atoms with E-state index < -0.39 is 5.60 Å². The molecule has 2 aromatic rings. The summed E-state index contributed by atoms with van der Waals surface area (Å²) in [6.07, 6.45) is 10.8.